The number of amides is 1. The Kier molecular flexibility index (Phi) is 6.92. The molecule has 0 atom stereocenters. The SMILES string of the molecule is CN(CCc1ccncc1)c1nccc(C(=O)NCCc2cccc(Cl)c2)n1. The van der Waals surface area contributed by atoms with Gasteiger partial charge in [0.05, 0.1) is 0 Å². The summed E-state index contributed by atoms with van der Waals surface area (Å²) in [7, 11) is 1.91. The van der Waals surface area contributed by atoms with Gasteiger partial charge in [-0.2, -0.15) is 0 Å². The fraction of sp³-hybridized carbons (Fsp3) is 0.238. The molecule has 0 aliphatic heterocycles. The Balaban J connectivity index is 1.53. The van der Waals surface area contributed by atoms with Gasteiger partial charge in [0.25, 0.3) is 5.91 Å². The number of benzene rings is 1. The highest BCUT2D eigenvalue weighted by Gasteiger charge is 2.11. The molecule has 6 nitrogen and oxygen atoms in total. The van der Waals surface area contributed by atoms with Gasteiger partial charge >= 0.3 is 0 Å². The lowest BCUT2D eigenvalue weighted by atomic mass is 10.1. The molecule has 1 amide bonds. The minimum absolute atomic E-state index is 0.215. The molecule has 0 saturated carbocycles. The van der Waals surface area contributed by atoms with Crippen molar-refractivity contribution in [2.75, 3.05) is 25.0 Å². The highest BCUT2D eigenvalue weighted by atomic mass is 35.5. The van der Waals surface area contributed by atoms with Gasteiger partial charge in [-0.25, -0.2) is 9.97 Å². The molecule has 3 rings (SSSR count). The third kappa shape index (κ3) is 5.76. The highest BCUT2D eigenvalue weighted by molar-refractivity contribution is 6.30. The number of halogens is 1. The third-order valence-electron chi connectivity index (χ3n) is 4.29. The molecule has 0 saturated heterocycles. The molecule has 28 heavy (non-hydrogen) atoms. The van der Waals surface area contributed by atoms with E-state index in [2.05, 4.69) is 20.3 Å². The summed E-state index contributed by atoms with van der Waals surface area (Å²) < 4.78 is 0. The molecule has 2 heterocycles. The van der Waals surface area contributed by atoms with Gasteiger partial charge in [-0.05, 0) is 54.3 Å². The van der Waals surface area contributed by atoms with Gasteiger partial charge in [-0.15, -0.1) is 0 Å². The summed E-state index contributed by atoms with van der Waals surface area (Å²) in [4.78, 5) is 27.0. The van der Waals surface area contributed by atoms with Crippen molar-refractivity contribution in [1.82, 2.24) is 20.3 Å². The van der Waals surface area contributed by atoms with E-state index in [0.29, 0.717) is 29.6 Å². The predicted molar refractivity (Wildman–Crippen MR) is 111 cm³/mol. The molecule has 1 aromatic carbocycles. The number of pyridine rings is 1. The molecule has 0 bridgehead atoms. The van der Waals surface area contributed by atoms with E-state index < -0.39 is 0 Å². The van der Waals surface area contributed by atoms with Crippen molar-refractivity contribution < 1.29 is 4.79 Å². The molecular weight excluding hydrogens is 374 g/mol. The minimum Gasteiger partial charge on any atom is -0.350 e. The van der Waals surface area contributed by atoms with Crippen molar-refractivity contribution in [2.24, 2.45) is 0 Å². The smallest absolute Gasteiger partial charge is 0.270 e. The Morgan fingerprint density at radius 1 is 1.07 bits per heavy atom. The van der Waals surface area contributed by atoms with Crippen molar-refractivity contribution in [3.8, 4) is 0 Å². The summed E-state index contributed by atoms with van der Waals surface area (Å²) in [6.07, 6.45) is 6.71. The van der Waals surface area contributed by atoms with Gasteiger partial charge in [0.1, 0.15) is 5.69 Å². The van der Waals surface area contributed by atoms with E-state index in [0.717, 1.165) is 18.5 Å². The van der Waals surface area contributed by atoms with E-state index in [1.807, 2.05) is 48.3 Å². The van der Waals surface area contributed by atoms with Gasteiger partial charge in [0, 0.05) is 43.8 Å². The quantitative estimate of drug-likeness (QED) is 0.634. The van der Waals surface area contributed by atoms with Crippen LogP contribution in [0.4, 0.5) is 5.95 Å². The first-order valence-corrected chi connectivity index (χ1v) is 9.45. The van der Waals surface area contributed by atoms with E-state index in [-0.39, 0.29) is 5.91 Å². The number of rotatable bonds is 8. The summed E-state index contributed by atoms with van der Waals surface area (Å²) in [6.45, 7) is 1.25. The van der Waals surface area contributed by atoms with Crippen LogP contribution in [-0.4, -0.2) is 41.0 Å². The van der Waals surface area contributed by atoms with Gasteiger partial charge < -0.3 is 10.2 Å². The zero-order valence-electron chi connectivity index (χ0n) is 15.7. The average molecular weight is 396 g/mol. The van der Waals surface area contributed by atoms with Crippen LogP contribution in [0.25, 0.3) is 0 Å². The van der Waals surface area contributed by atoms with E-state index in [1.54, 1.807) is 24.7 Å². The number of anilines is 1. The summed E-state index contributed by atoms with van der Waals surface area (Å²) in [5.74, 6) is 0.310. The summed E-state index contributed by atoms with van der Waals surface area (Å²) in [5, 5.41) is 3.59. The van der Waals surface area contributed by atoms with Crippen molar-refractivity contribution in [2.45, 2.75) is 12.8 Å². The molecule has 3 aromatic rings. The monoisotopic (exact) mass is 395 g/mol. The molecule has 7 heteroatoms. The topological polar surface area (TPSA) is 71.0 Å². The first-order valence-electron chi connectivity index (χ1n) is 9.07. The maximum Gasteiger partial charge on any atom is 0.270 e. The van der Waals surface area contributed by atoms with Crippen LogP contribution in [0, 0.1) is 0 Å². The number of aromatic nitrogens is 3. The summed E-state index contributed by atoms with van der Waals surface area (Å²) in [6, 6.07) is 13.2. The Morgan fingerprint density at radius 3 is 2.68 bits per heavy atom. The molecule has 0 fully saturated rings. The lowest BCUT2D eigenvalue weighted by molar-refractivity contribution is 0.0949. The molecule has 2 aromatic heterocycles. The maximum absolute atomic E-state index is 12.4. The second-order valence-electron chi connectivity index (χ2n) is 6.40. The first kappa shape index (κ1) is 19.8. The van der Waals surface area contributed by atoms with Crippen LogP contribution in [0.1, 0.15) is 21.6 Å². The molecule has 144 valence electrons. The molecule has 0 spiro atoms. The number of nitrogens with zero attached hydrogens (tertiary/aromatic N) is 4. The van der Waals surface area contributed by atoms with Crippen molar-refractivity contribution in [3.05, 3.63) is 82.9 Å². The van der Waals surface area contributed by atoms with E-state index in [1.165, 1.54) is 5.56 Å². The number of carbonyl (C=O) groups is 1. The van der Waals surface area contributed by atoms with Gasteiger partial charge in [-0.1, -0.05) is 23.7 Å². The predicted octanol–water partition coefficient (Wildman–Crippen LogP) is 3.18. The normalized spacial score (nSPS) is 10.5. The second kappa shape index (κ2) is 9.80. The number of carbonyl (C=O) groups excluding carboxylic acids is 1. The van der Waals surface area contributed by atoms with Crippen molar-refractivity contribution >= 4 is 23.5 Å². The largest absolute Gasteiger partial charge is 0.350 e. The lowest BCUT2D eigenvalue weighted by Gasteiger charge is -2.17. The van der Waals surface area contributed by atoms with Crippen LogP contribution in [-0.2, 0) is 12.8 Å². The first-order chi connectivity index (χ1) is 13.6. The van der Waals surface area contributed by atoms with Gasteiger partial charge in [-0.3, -0.25) is 9.78 Å². The maximum atomic E-state index is 12.4. The summed E-state index contributed by atoms with van der Waals surface area (Å²) in [5.41, 5.74) is 2.62. The Bertz CT molecular complexity index is 919. The standard InChI is InChI=1S/C21H22ClN5O/c1-27(14-9-16-5-10-23-11-6-16)21-25-13-8-19(26-21)20(28)24-12-7-17-3-2-4-18(22)15-17/h2-6,8,10-11,13,15H,7,9,12,14H2,1H3,(H,24,28). The highest BCUT2D eigenvalue weighted by Crippen LogP contribution is 2.11. The zero-order valence-corrected chi connectivity index (χ0v) is 16.4. The van der Waals surface area contributed by atoms with Crippen molar-refractivity contribution in [1.29, 1.82) is 0 Å². The molecule has 0 aliphatic carbocycles. The number of likely N-dealkylation sites (N-methyl/N-ethyl adjacent to an activating group) is 1. The van der Waals surface area contributed by atoms with Crippen LogP contribution in [0.5, 0.6) is 0 Å². The van der Waals surface area contributed by atoms with Crippen LogP contribution < -0.4 is 10.2 Å². The van der Waals surface area contributed by atoms with Crippen LogP contribution in [0.2, 0.25) is 5.02 Å². The third-order valence-corrected chi connectivity index (χ3v) is 4.53. The van der Waals surface area contributed by atoms with E-state index in [4.69, 9.17) is 11.6 Å². The fourth-order valence-corrected chi connectivity index (χ4v) is 2.92. The molecule has 0 radical (unpaired) electrons. The number of hydrogen-bond acceptors (Lipinski definition) is 5. The average Bonchev–Trinajstić information content (AvgIpc) is 2.73. The van der Waals surface area contributed by atoms with Crippen LogP contribution in [0.15, 0.2) is 61.1 Å². The van der Waals surface area contributed by atoms with Gasteiger partial charge in [0.15, 0.2) is 0 Å². The second-order valence-corrected chi connectivity index (χ2v) is 6.84. The van der Waals surface area contributed by atoms with Crippen LogP contribution >= 0.6 is 11.6 Å². The van der Waals surface area contributed by atoms with E-state index >= 15 is 0 Å². The minimum atomic E-state index is -0.215. The zero-order chi connectivity index (χ0) is 19.8. The molecular formula is C21H22ClN5O. The Labute approximate surface area is 169 Å². The van der Waals surface area contributed by atoms with Crippen LogP contribution in [0.3, 0.4) is 0 Å². The molecule has 1 N–H and O–H groups in total. The number of nitrogens with one attached hydrogen (secondary N) is 1. The Morgan fingerprint density at radius 2 is 1.89 bits per heavy atom. The van der Waals surface area contributed by atoms with E-state index in [9.17, 15) is 4.79 Å². The number of hydrogen-bond donors (Lipinski definition) is 1. The Hall–Kier alpha value is -2.99. The fourth-order valence-electron chi connectivity index (χ4n) is 2.71. The summed E-state index contributed by atoms with van der Waals surface area (Å²) >= 11 is 5.98. The lowest BCUT2D eigenvalue weighted by Crippen LogP contribution is -2.28. The van der Waals surface area contributed by atoms with Crippen molar-refractivity contribution in [3.63, 3.8) is 0 Å². The molecule has 0 aliphatic rings. The van der Waals surface area contributed by atoms with Gasteiger partial charge in [0.2, 0.25) is 5.95 Å². The molecule has 0 unspecified atom stereocenters.